The summed E-state index contributed by atoms with van der Waals surface area (Å²) in [6.07, 6.45) is 2.58. The first kappa shape index (κ1) is 17.0. The number of pyridine rings is 1. The third kappa shape index (κ3) is 4.79. The van der Waals surface area contributed by atoms with Gasteiger partial charge in [-0.15, -0.1) is 0 Å². The van der Waals surface area contributed by atoms with Crippen molar-refractivity contribution in [1.29, 1.82) is 0 Å². The zero-order valence-corrected chi connectivity index (χ0v) is 13.8. The molecule has 0 fully saturated rings. The first-order chi connectivity index (χ1) is 10.9. The van der Waals surface area contributed by atoms with Crippen molar-refractivity contribution in [3.8, 4) is 0 Å². The van der Waals surface area contributed by atoms with Gasteiger partial charge in [0.2, 0.25) is 5.91 Å². The van der Waals surface area contributed by atoms with E-state index in [1.54, 1.807) is 13.0 Å². The van der Waals surface area contributed by atoms with Gasteiger partial charge in [0.05, 0.1) is 0 Å². The number of anilines is 1. The molecular formula is C16H19N3O3S. The Bertz CT molecular complexity index is 776. The number of carbonyl (C=O) groups excluding carboxylic acids is 1. The van der Waals surface area contributed by atoms with Gasteiger partial charge in [0.25, 0.3) is 0 Å². The monoisotopic (exact) mass is 333 g/mol. The number of aromatic nitrogens is 1. The Morgan fingerprint density at radius 2 is 1.87 bits per heavy atom. The molecule has 23 heavy (non-hydrogen) atoms. The van der Waals surface area contributed by atoms with Gasteiger partial charge in [0, 0.05) is 19.0 Å². The van der Waals surface area contributed by atoms with Crippen LogP contribution in [0.5, 0.6) is 0 Å². The first-order valence-corrected chi connectivity index (χ1v) is 9.00. The lowest BCUT2D eigenvalue weighted by molar-refractivity contribution is -0.121. The van der Waals surface area contributed by atoms with Crippen molar-refractivity contribution < 1.29 is 13.2 Å². The van der Waals surface area contributed by atoms with E-state index < -0.39 is 15.9 Å². The fourth-order valence-corrected chi connectivity index (χ4v) is 2.80. The maximum atomic E-state index is 12.1. The Morgan fingerprint density at radius 3 is 2.52 bits per heavy atom. The molecule has 0 saturated heterocycles. The number of rotatable bonds is 6. The number of benzene rings is 1. The Kier molecular flexibility index (Phi) is 5.33. The molecule has 0 aliphatic rings. The number of nitrogens with zero attached hydrogens (tertiary/aromatic N) is 1. The molecule has 122 valence electrons. The van der Waals surface area contributed by atoms with Crippen LogP contribution in [0.25, 0.3) is 0 Å². The van der Waals surface area contributed by atoms with E-state index in [1.165, 1.54) is 12.3 Å². The van der Waals surface area contributed by atoms with Gasteiger partial charge in [-0.2, -0.15) is 0 Å². The first-order valence-electron chi connectivity index (χ1n) is 7.11. The maximum absolute atomic E-state index is 12.1. The molecule has 7 heteroatoms. The van der Waals surface area contributed by atoms with Crippen LogP contribution in [0.4, 0.5) is 5.82 Å². The molecule has 2 rings (SSSR count). The lowest BCUT2D eigenvalue weighted by atomic mass is 10.2. The van der Waals surface area contributed by atoms with E-state index >= 15 is 0 Å². The summed E-state index contributed by atoms with van der Waals surface area (Å²) in [5.41, 5.74) is 0.989. The van der Waals surface area contributed by atoms with Crippen LogP contribution in [0.15, 0.2) is 53.6 Å². The highest BCUT2D eigenvalue weighted by atomic mass is 32.2. The Hall–Kier alpha value is -2.41. The zero-order chi connectivity index (χ0) is 16.9. The van der Waals surface area contributed by atoms with Crippen molar-refractivity contribution in [2.24, 2.45) is 0 Å². The Morgan fingerprint density at radius 1 is 1.17 bits per heavy atom. The molecule has 1 aromatic heterocycles. The smallest absolute Gasteiger partial charge is 0.242 e. The van der Waals surface area contributed by atoms with Gasteiger partial charge in [-0.05, 0) is 24.6 Å². The summed E-state index contributed by atoms with van der Waals surface area (Å²) >= 11 is 0. The Balaban J connectivity index is 2.02. The topological polar surface area (TPSA) is 88.2 Å². The average Bonchev–Trinajstić information content (AvgIpc) is 2.53. The minimum atomic E-state index is -3.42. The number of hydrogen-bond donors (Lipinski definition) is 2. The van der Waals surface area contributed by atoms with E-state index in [-0.39, 0.29) is 16.6 Å². The summed E-state index contributed by atoms with van der Waals surface area (Å²) in [6, 6.07) is 11.9. The van der Waals surface area contributed by atoms with Crippen LogP contribution in [0.1, 0.15) is 12.5 Å². The summed E-state index contributed by atoms with van der Waals surface area (Å²) in [5, 5.41) is 5.65. The molecule has 0 radical (unpaired) electrons. The molecule has 1 amide bonds. The van der Waals surface area contributed by atoms with Crippen molar-refractivity contribution in [3.63, 3.8) is 0 Å². The van der Waals surface area contributed by atoms with E-state index in [0.717, 1.165) is 11.8 Å². The normalized spacial score (nSPS) is 12.4. The summed E-state index contributed by atoms with van der Waals surface area (Å²) in [4.78, 5) is 16.2. The number of sulfone groups is 1. The van der Waals surface area contributed by atoms with Gasteiger partial charge in [-0.25, -0.2) is 13.4 Å². The third-order valence-electron chi connectivity index (χ3n) is 3.23. The fraction of sp³-hybridized carbons (Fsp3) is 0.250. The van der Waals surface area contributed by atoms with Crippen LogP contribution < -0.4 is 10.6 Å². The lowest BCUT2D eigenvalue weighted by Gasteiger charge is -2.16. The number of nitrogens with one attached hydrogen (secondary N) is 2. The van der Waals surface area contributed by atoms with Crippen molar-refractivity contribution in [1.82, 2.24) is 10.3 Å². The molecule has 0 bridgehead atoms. The molecule has 0 aliphatic carbocycles. The van der Waals surface area contributed by atoms with Crippen molar-refractivity contribution >= 4 is 21.6 Å². The summed E-state index contributed by atoms with van der Waals surface area (Å²) in [7, 11) is -3.42. The van der Waals surface area contributed by atoms with Crippen LogP contribution in [0.2, 0.25) is 0 Å². The van der Waals surface area contributed by atoms with Crippen LogP contribution in [-0.2, 0) is 21.2 Å². The maximum Gasteiger partial charge on any atom is 0.242 e. The van der Waals surface area contributed by atoms with Gasteiger partial charge >= 0.3 is 0 Å². The number of carbonyl (C=O) groups is 1. The molecule has 0 aliphatic heterocycles. The largest absolute Gasteiger partial charge is 0.358 e. The van der Waals surface area contributed by atoms with Crippen molar-refractivity contribution in [2.75, 3.05) is 11.6 Å². The summed E-state index contributed by atoms with van der Waals surface area (Å²) < 4.78 is 23.5. The van der Waals surface area contributed by atoms with E-state index in [9.17, 15) is 13.2 Å². The highest BCUT2D eigenvalue weighted by Crippen LogP contribution is 2.18. The molecule has 2 N–H and O–H groups in total. The second-order valence-corrected chi connectivity index (χ2v) is 7.18. The molecule has 6 nitrogen and oxygen atoms in total. The SMILES string of the molecule is CC(Nc1ncccc1S(C)(=O)=O)C(=O)NCc1ccccc1. The van der Waals surface area contributed by atoms with Crippen LogP contribution in [-0.4, -0.2) is 31.6 Å². The van der Waals surface area contributed by atoms with Gasteiger partial charge in [-0.3, -0.25) is 4.79 Å². The second kappa shape index (κ2) is 7.23. The van der Waals surface area contributed by atoms with Crippen LogP contribution in [0.3, 0.4) is 0 Å². The number of amides is 1. The standard InChI is InChI=1S/C16H19N3O3S/c1-12(16(20)18-11-13-7-4-3-5-8-13)19-15-14(23(2,21)22)9-6-10-17-15/h3-10,12H,11H2,1-2H3,(H,17,19)(H,18,20). The van der Waals surface area contributed by atoms with E-state index in [0.29, 0.717) is 6.54 Å². The van der Waals surface area contributed by atoms with Gasteiger partial charge < -0.3 is 10.6 Å². The van der Waals surface area contributed by atoms with Crippen molar-refractivity contribution in [3.05, 3.63) is 54.2 Å². The molecule has 1 aromatic carbocycles. The highest BCUT2D eigenvalue weighted by molar-refractivity contribution is 7.90. The van der Waals surface area contributed by atoms with Gasteiger partial charge in [0.15, 0.2) is 9.84 Å². The molecule has 1 atom stereocenters. The van der Waals surface area contributed by atoms with Crippen LogP contribution in [0, 0.1) is 0 Å². The predicted octanol–water partition coefficient (Wildman–Crippen LogP) is 1.60. The Labute approximate surface area is 135 Å². The zero-order valence-electron chi connectivity index (χ0n) is 13.0. The molecule has 0 saturated carbocycles. The minimum Gasteiger partial charge on any atom is -0.358 e. The van der Waals surface area contributed by atoms with Gasteiger partial charge in [-0.1, -0.05) is 30.3 Å². The third-order valence-corrected chi connectivity index (χ3v) is 4.35. The highest BCUT2D eigenvalue weighted by Gasteiger charge is 2.18. The molecule has 2 aromatic rings. The fourth-order valence-electron chi connectivity index (χ4n) is 2.01. The predicted molar refractivity (Wildman–Crippen MR) is 88.7 cm³/mol. The van der Waals surface area contributed by atoms with E-state index in [2.05, 4.69) is 15.6 Å². The molecule has 0 spiro atoms. The molecule has 1 heterocycles. The van der Waals surface area contributed by atoms with Crippen LogP contribution >= 0.6 is 0 Å². The van der Waals surface area contributed by atoms with E-state index in [4.69, 9.17) is 0 Å². The van der Waals surface area contributed by atoms with E-state index in [1.807, 2.05) is 30.3 Å². The summed E-state index contributed by atoms with van der Waals surface area (Å²) in [6.45, 7) is 2.06. The summed E-state index contributed by atoms with van der Waals surface area (Å²) in [5.74, 6) is -0.0590. The quantitative estimate of drug-likeness (QED) is 0.838. The average molecular weight is 333 g/mol. The van der Waals surface area contributed by atoms with Gasteiger partial charge in [0.1, 0.15) is 16.8 Å². The lowest BCUT2D eigenvalue weighted by Crippen LogP contribution is -2.37. The van der Waals surface area contributed by atoms with Crippen molar-refractivity contribution in [2.45, 2.75) is 24.4 Å². The number of hydrogen-bond acceptors (Lipinski definition) is 5. The second-order valence-electron chi connectivity index (χ2n) is 5.19. The molecular weight excluding hydrogens is 314 g/mol. The molecule has 1 unspecified atom stereocenters. The minimum absolute atomic E-state index is 0.0720.